The van der Waals surface area contributed by atoms with Crippen molar-refractivity contribution in [3.8, 4) is 10.4 Å². The molecule has 262 valence electrons. The fourth-order valence-corrected chi connectivity index (χ4v) is 7.05. The van der Waals surface area contributed by atoms with Gasteiger partial charge in [-0.15, -0.1) is 11.3 Å². The number of aromatic nitrogens is 1. The lowest BCUT2D eigenvalue weighted by atomic mass is 9.85. The second kappa shape index (κ2) is 19.2. The van der Waals surface area contributed by atoms with Crippen molar-refractivity contribution in [2.45, 2.75) is 142 Å². The predicted molar refractivity (Wildman–Crippen MR) is 189 cm³/mol. The monoisotopic (exact) mass is 670 g/mol. The number of nitrogens with zero attached hydrogens (tertiary/aromatic N) is 2. The van der Waals surface area contributed by atoms with Crippen LogP contribution in [0.4, 0.5) is 0 Å². The molecule has 4 N–H and O–H groups in total. The number of rotatable bonds is 19. The number of hydrogen-bond acceptors (Lipinski definition) is 7. The quantitative estimate of drug-likeness (QED) is 0.127. The lowest BCUT2D eigenvalue weighted by Gasteiger charge is -2.35. The molecule has 0 saturated carbocycles. The van der Waals surface area contributed by atoms with Crippen LogP contribution in [0.3, 0.4) is 0 Å². The van der Waals surface area contributed by atoms with Crippen LogP contribution >= 0.6 is 11.3 Å². The highest BCUT2D eigenvalue weighted by molar-refractivity contribution is 7.13. The number of carbonyl (C=O) groups excluding carboxylic acids is 3. The van der Waals surface area contributed by atoms with E-state index in [1.54, 1.807) is 11.3 Å². The zero-order valence-electron chi connectivity index (χ0n) is 29.2. The molecule has 1 aliphatic rings. The number of aryl methyl sites for hydroxylation is 1. The van der Waals surface area contributed by atoms with Gasteiger partial charge in [0.2, 0.25) is 17.7 Å². The van der Waals surface area contributed by atoms with Crippen molar-refractivity contribution in [2.24, 2.45) is 5.41 Å². The van der Waals surface area contributed by atoms with Crippen LogP contribution in [0.2, 0.25) is 0 Å². The molecule has 2 aromatic rings. The minimum Gasteiger partial charge on any atom is -0.396 e. The minimum absolute atomic E-state index is 0.0549. The van der Waals surface area contributed by atoms with Gasteiger partial charge in [0.1, 0.15) is 12.1 Å². The number of benzene rings is 1. The molecule has 4 atom stereocenters. The molecule has 0 bridgehead atoms. The van der Waals surface area contributed by atoms with E-state index in [-0.39, 0.29) is 36.7 Å². The molecule has 0 spiro atoms. The summed E-state index contributed by atoms with van der Waals surface area (Å²) >= 11 is 1.59. The van der Waals surface area contributed by atoms with Gasteiger partial charge in [0.05, 0.1) is 28.2 Å². The molecular formula is C37H58N4O5S. The lowest BCUT2D eigenvalue weighted by Crippen LogP contribution is -2.57. The average molecular weight is 671 g/mol. The van der Waals surface area contributed by atoms with E-state index in [4.69, 9.17) is 5.11 Å². The van der Waals surface area contributed by atoms with Gasteiger partial charge in [-0.2, -0.15) is 0 Å². The van der Waals surface area contributed by atoms with E-state index in [0.29, 0.717) is 13.0 Å². The summed E-state index contributed by atoms with van der Waals surface area (Å²) in [5, 5.41) is 25.4. The predicted octanol–water partition coefficient (Wildman–Crippen LogP) is 6.46. The van der Waals surface area contributed by atoms with Crippen LogP contribution < -0.4 is 10.6 Å². The highest BCUT2D eigenvalue weighted by Gasteiger charge is 2.44. The Morgan fingerprint density at radius 3 is 2.04 bits per heavy atom. The molecule has 0 radical (unpaired) electrons. The molecule has 47 heavy (non-hydrogen) atoms. The van der Waals surface area contributed by atoms with E-state index in [2.05, 4.69) is 15.6 Å². The SMILES string of the molecule is Cc1ncsc1-c1ccc(C(C)NC(=O)[C@@H]2C[C@@H](O)CN2C(=O)C(NC(=O)CCCCCCCCCCCCCO)C(C)(C)C)cc1. The fraction of sp³-hybridized carbons (Fsp3) is 0.676. The second-order valence-corrected chi connectivity index (χ2v) is 15.1. The first-order valence-corrected chi connectivity index (χ1v) is 18.5. The number of β-amino-alcohol motifs (C(OH)–C–C–N with tert-alkyl or cyclic N) is 1. The van der Waals surface area contributed by atoms with E-state index >= 15 is 0 Å². The number of unbranched alkanes of at least 4 members (excludes halogenated alkanes) is 10. The van der Waals surface area contributed by atoms with Gasteiger partial charge in [0.15, 0.2) is 0 Å². The van der Waals surface area contributed by atoms with Crippen molar-refractivity contribution in [1.82, 2.24) is 20.5 Å². The van der Waals surface area contributed by atoms with Crippen molar-refractivity contribution < 1.29 is 24.6 Å². The average Bonchev–Trinajstić information content (AvgIpc) is 3.64. The Morgan fingerprint density at radius 2 is 1.51 bits per heavy atom. The van der Waals surface area contributed by atoms with E-state index in [1.807, 2.05) is 64.4 Å². The third-order valence-corrected chi connectivity index (χ3v) is 10.1. The van der Waals surface area contributed by atoms with Gasteiger partial charge in [-0.1, -0.05) is 103 Å². The Bertz CT molecular complexity index is 1260. The maximum atomic E-state index is 13.9. The van der Waals surface area contributed by atoms with Crippen LogP contribution in [-0.4, -0.2) is 69.2 Å². The summed E-state index contributed by atoms with van der Waals surface area (Å²) in [6.45, 7) is 9.95. The summed E-state index contributed by atoms with van der Waals surface area (Å²) in [7, 11) is 0. The standard InChI is InChI=1S/C37H58N4O5S/c1-26(28-18-20-29(21-19-28)33-27(2)38-25-47-33)39-35(45)31-23-30(43)24-41(31)36(46)34(37(3,4)5)40-32(44)17-15-13-11-9-7-6-8-10-12-14-16-22-42/h18-21,25-26,30-31,34,42-43H,6-17,22-24H2,1-5H3,(H,39,45)(H,40,44)/t26?,30-,31+,34?/m1/s1. The summed E-state index contributed by atoms with van der Waals surface area (Å²) in [5.41, 5.74) is 4.25. The summed E-state index contributed by atoms with van der Waals surface area (Å²) in [6.07, 6.45) is 11.8. The Balaban J connectivity index is 1.48. The smallest absolute Gasteiger partial charge is 0.246 e. The van der Waals surface area contributed by atoms with E-state index < -0.39 is 23.6 Å². The van der Waals surface area contributed by atoms with Crippen LogP contribution in [0.1, 0.15) is 128 Å². The molecule has 2 unspecified atom stereocenters. The number of carbonyl (C=O) groups is 3. The first kappa shape index (κ1) is 38.6. The van der Waals surface area contributed by atoms with Gasteiger partial charge < -0.3 is 25.7 Å². The first-order valence-electron chi connectivity index (χ1n) is 17.6. The van der Waals surface area contributed by atoms with Gasteiger partial charge in [-0.3, -0.25) is 14.4 Å². The molecular weight excluding hydrogens is 612 g/mol. The van der Waals surface area contributed by atoms with Gasteiger partial charge in [0, 0.05) is 26.0 Å². The van der Waals surface area contributed by atoms with E-state index in [0.717, 1.165) is 53.8 Å². The van der Waals surface area contributed by atoms with Crippen molar-refractivity contribution in [2.75, 3.05) is 13.2 Å². The van der Waals surface area contributed by atoms with E-state index in [9.17, 15) is 19.5 Å². The third-order valence-electron chi connectivity index (χ3n) is 9.12. The molecule has 1 aromatic heterocycles. The summed E-state index contributed by atoms with van der Waals surface area (Å²) in [5.74, 6) is -0.811. The number of thiazole rings is 1. The Hall–Kier alpha value is -2.82. The first-order chi connectivity index (χ1) is 22.4. The van der Waals surface area contributed by atoms with Crippen molar-refractivity contribution in [3.63, 3.8) is 0 Å². The minimum atomic E-state index is -0.818. The second-order valence-electron chi connectivity index (χ2n) is 14.2. The Labute approximate surface area is 285 Å². The zero-order valence-corrected chi connectivity index (χ0v) is 30.0. The molecule has 9 nitrogen and oxygen atoms in total. The highest BCUT2D eigenvalue weighted by Crippen LogP contribution is 2.29. The molecule has 1 aliphatic heterocycles. The molecule has 3 amide bonds. The Morgan fingerprint density at radius 1 is 0.936 bits per heavy atom. The number of nitrogens with one attached hydrogen (secondary N) is 2. The van der Waals surface area contributed by atoms with Crippen LogP contribution in [0.5, 0.6) is 0 Å². The fourth-order valence-electron chi connectivity index (χ4n) is 6.24. The summed E-state index contributed by atoms with van der Waals surface area (Å²) < 4.78 is 0. The maximum Gasteiger partial charge on any atom is 0.246 e. The van der Waals surface area contributed by atoms with E-state index in [1.165, 1.54) is 43.4 Å². The van der Waals surface area contributed by atoms with Gasteiger partial charge >= 0.3 is 0 Å². The molecule has 1 aromatic carbocycles. The van der Waals surface area contributed by atoms with Gasteiger partial charge in [0.25, 0.3) is 0 Å². The van der Waals surface area contributed by atoms with Gasteiger partial charge in [-0.25, -0.2) is 4.98 Å². The van der Waals surface area contributed by atoms with Crippen molar-refractivity contribution in [1.29, 1.82) is 0 Å². The topological polar surface area (TPSA) is 132 Å². The summed E-state index contributed by atoms with van der Waals surface area (Å²) in [4.78, 5) is 47.3. The van der Waals surface area contributed by atoms with Crippen molar-refractivity contribution in [3.05, 3.63) is 41.0 Å². The van der Waals surface area contributed by atoms with Crippen molar-refractivity contribution >= 4 is 29.1 Å². The molecule has 1 saturated heterocycles. The van der Waals surface area contributed by atoms with Gasteiger partial charge in [-0.05, 0) is 43.2 Å². The van der Waals surface area contributed by atoms with Crippen LogP contribution in [0.25, 0.3) is 10.4 Å². The molecule has 0 aliphatic carbocycles. The number of hydrogen-bond donors (Lipinski definition) is 4. The number of likely N-dealkylation sites (tertiary alicyclic amines) is 1. The highest BCUT2D eigenvalue weighted by atomic mass is 32.1. The normalized spacial score (nSPS) is 17.8. The molecule has 3 rings (SSSR count). The number of amides is 3. The van der Waals surface area contributed by atoms with Crippen LogP contribution in [0.15, 0.2) is 29.8 Å². The zero-order chi connectivity index (χ0) is 34.4. The number of aliphatic hydroxyl groups is 2. The Kier molecular flexibility index (Phi) is 15.8. The summed E-state index contributed by atoms with van der Waals surface area (Å²) in [6, 6.07) is 6.09. The third kappa shape index (κ3) is 12.3. The molecule has 10 heteroatoms. The largest absolute Gasteiger partial charge is 0.396 e. The van der Waals surface area contributed by atoms with Crippen LogP contribution in [0, 0.1) is 12.3 Å². The maximum absolute atomic E-state index is 13.9. The van der Waals surface area contributed by atoms with Crippen LogP contribution in [-0.2, 0) is 14.4 Å². The molecule has 1 fully saturated rings. The lowest BCUT2D eigenvalue weighted by molar-refractivity contribution is -0.144. The molecule has 2 heterocycles. The number of aliphatic hydroxyl groups excluding tert-OH is 2.